The molecule has 1 aromatic rings. The molecule has 1 atom stereocenters. The van der Waals surface area contributed by atoms with Crippen LogP contribution in [-0.2, 0) is 11.3 Å². The normalized spacial score (nSPS) is 13.0. The molecule has 1 unspecified atom stereocenters. The molecule has 4 nitrogen and oxygen atoms in total. The van der Waals surface area contributed by atoms with E-state index in [-0.39, 0.29) is 0 Å². The summed E-state index contributed by atoms with van der Waals surface area (Å²) in [6.07, 6.45) is 7.05. The lowest BCUT2D eigenvalue weighted by atomic mass is 10.3. The number of nitrogens with one attached hydrogen (secondary N) is 1. The Morgan fingerprint density at radius 1 is 1.57 bits per heavy atom. The number of ether oxygens (including phenoxy) is 1. The number of aromatic nitrogens is 2. The molecule has 0 aliphatic carbocycles. The van der Waals surface area contributed by atoms with Crippen molar-refractivity contribution >= 4 is 0 Å². The van der Waals surface area contributed by atoms with Crippen LogP contribution in [0.5, 0.6) is 0 Å². The number of imidazole rings is 1. The Bertz CT molecular complexity index is 223. The lowest BCUT2D eigenvalue weighted by Crippen LogP contribution is -2.27. The first-order chi connectivity index (χ1) is 6.83. The zero-order valence-electron chi connectivity index (χ0n) is 8.94. The summed E-state index contributed by atoms with van der Waals surface area (Å²) in [6, 6.07) is 0. The second-order valence-electron chi connectivity index (χ2n) is 3.40. The van der Waals surface area contributed by atoms with Crippen LogP contribution in [0, 0.1) is 0 Å². The third-order valence-electron chi connectivity index (χ3n) is 2.16. The Morgan fingerprint density at radius 3 is 3.07 bits per heavy atom. The Balaban J connectivity index is 1.95. The quantitative estimate of drug-likeness (QED) is 0.660. The van der Waals surface area contributed by atoms with E-state index in [2.05, 4.69) is 21.8 Å². The lowest BCUT2D eigenvalue weighted by Gasteiger charge is -2.10. The van der Waals surface area contributed by atoms with Crippen molar-refractivity contribution in [3.63, 3.8) is 0 Å². The van der Waals surface area contributed by atoms with Crippen molar-refractivity contribution in [2.75, 3.05) is 20.2 Å². The van der Waals surface area contributed by atoms with Crippen molar-refractivity contribution in [1.82, 2.24) is 14.9 Å². The third-order valence-corrected chi connectivity index (χ3v) is 2.16. The van der Waals surface area contributed by atoms with E-state index in [4.69, 9.17) is 4.74 Å². The molecule has 1 heterocycles. The Hall–Kier alpha value is -0.870. The molecule has 0 bridgehead atoms. The van der Waals surface area contributed by atoms with Gasteiger partial charge in [-0.2, -0.15) is 0 Å². The van der Waals surface area contributed by atoms with Crippen molar-refractivity contribution in [3.05, 3.63) is 18.7 Å². The molecule has 0 spiro atoms. The fraction of sp³-hybridized carbons (Fsp3) is 0.700. The highest BCUT2D eigenvalue weighted by Gasteiger charge is 1.97. The first-order valence-corrected chi connectivity index (χ1v) is 5.02. The Morgan fingerprint density at radius 2 is 2.43 bits per heavy atom. The molecule has 0 aliphatic rings. The summed E-state index contributed by atoms with van der Waals surface area (Å²) in [6.45, 7) is 5.02. The van der Waals surface area contributed by atoms with Crippen LogP contribution in [0.3, 0.4) is 0 Å². The molecule has 0 aromatic carbocycles. The molecule has 1 rings (SSSR count). The van der Waals surface area contributed by atoms with Crippen molar-refractivity contribution < 1.29 is 4.74 Å². The molecule has 0 radical (unpaired) electrons. The topological polar surface area (TPSA) is 39.1 Å². The van der Waals surface area contributed by atoms with Gasteiger partial charge in [0.25, 0.3) is 0 Å². The van der Waals surface area contributed by atoms with Crippen molar-refractivity contribution in [1.29, 1.82) is 0 Å². The van der Waals surface area contributed by atoms with Crippen LogP contribution in [0.15, 0.2) is 18.7 Å². The van der Waals surface area contributed by atoms with Crippen LogP contribution in [0.2, 0.25) is 0 Å². The first kappa shape index (κ1) is 11.2. The van der Waals surface area contributed by atoms with Gasteiger partial charge in [-0.05, 0) is 19.9 Å². The van der Waals surface area contributed by atoms with Gasteiger partial charge in [-0.3, -0.25) is 0 Å². The summed E-state index contributed by atoms with van der Waals surface area (Å²) >= 11 is 0. The maximum absolute atomic E-state index is 5.12. The van der Waals surface area contributed by atoms with Crippen LogP contribution in [0.4, 0.5) is 0 Å². The summed E-state index contributed by atoms with van der Waals surface area (Å²) in [7, 11) is 1.73. The van der Waals surface area contributed by atoms with Gasteiger partial charge < -0.3 is 14.6 Å². The fourth-order valence-corrected chi connectivity index (χ4v) is 1.19. The van der Waals surface area contributed by atoms with Crippen LogP contribution < -0.4 is 5.32 Å². The molecule has 80 valence electrons. The SMILES string of the molecule is COC(C)CNCCCn1ccnc1. The number of methoxy groups -OCH3 is 1. The van der Waals surface area contributed by atoms with Gasteiger partial charge in [0.05, 0.1) is 12.4 Å². The van der Waals surface area contributed by atoms with E-state index >= 15 is 0 Å². The minimum atomic E-state index is 0.295. The van der Waals surface area contributed by atoms with Gasteiger partial charge in [0.1, 0.15) is 0 Å². The number of rotatable bonds is 7. The molecule has 0 aliphatic heterocycles. The van der Waals surface area contributed by atoms with Gasteiger partial charge in [0, 0.05) is 32.6 Å². The lowest BCUT2D eigenvalue weighted by molar-refractivity contribution is 0.117. The predicted molar refractivity (Wildman–Crippen MR) is 56.2 cm³/mol. The highest BCUT2D eigenvalue weighted by Crippen LogP contribution is 1.89. The van der Waals surface area contributed by atoms with E-state index in [0.29, 0.717) is 6.10 Å². The molecule has 0 saturated carbocycles. The van der Waals surface area contributed by atoms with E-state index in [9.17, 15) is 0 Å². The van der Waals surface area contributed by atoms with Crippen LogP contribution >= 0.6 is 0 Å². The van der Waals surface area contributed by atoms with Gasteiger partial charge in [0.2, 0.25) is 0 Å². The third kappa shape index (κ3) is 4.39. The van der Waals surface area contributed by atoms with Crippen LogP contribution in [-0.4, -0.2) is 35.9 Å². The fourth-order valence-electron chi connectivity index (χ4n) is 1.19. The maximum Gasteiger partial charge on any atom is 0.0945 e. The smallest absolute Gasteiger partial charge is 0.0945 e. The summed E-state index contributed by atoms with van der Waals surface area (Å²) in [5.74, 6) is 0. The van der Waals surface area contributed by atoms with Crippen molar-refractivity contribution in [2.45, 2.75) is 26.0 Å². The van der Waals surface area contributed by atoms with E-state index in [1.807, 2.05) is 12.5 Å². The predicted octanol–water partition coefficient (Wildman–Crippen LogP) is 0.898. The average molecular weight is 197 g/mol. The highest BCUT2D eigenvalue weighted by atomic mass is 16.5. The van der Waals surface area contributed by atoms with E-state index < -0.39 is 0 Å². The Kier molecular flexibility index (Phi) is 5.25. The molecule has 4 heteroatoms. The second-order valence-corrected chi connectivity index (χ2v) is 3.40. The summed E-state index contributed by atoms with van der Waals surface area (Å²) in [5, 5.41) is 3.34. The van der Waals surface area contributed by atoms with Crippen molar-refractivity contribution in [3.8, 4) is 0 Å². The van der Waals surface area contributed by atoms with Crippen molar-refractivity contribution in [2.24, 2.45) is 0 Å². The second kappa shape index (κ2) is 6.56. The largest absolute Gasteiger partial charge is 0.380 e. The van der Waals surface area contributed by atoms with Gasteiger partial charge in [-0.15, -0.1) is 0 Å². The van der Waals surface area contributed by atoms with E-state index in [1.165, 1.54) is 0 Å². The highest BCUT2D eigenvalue weighted by molar-refractivity contribution is 4.73. The average Bonchev–Trinajstić information content (AvgIpc) is 2.69. The summed E-state index contributed by atoms with van der Waals surface area (Å²) in [4.78, 5) is 3.99. The zero-order valence-corrected chi connectivity index (χ0v) is 8.94. The summed E-state index contributed by atoms with van der Waals surface area (Å²) < 4.78 is 7.21. The molecule has 1 aromatic heterocycles. The molecule has 1 N–H and O–H groups in total. The zero-order chi connectivity index (χ0) is 10.2. The van der Waals surface area contributed by atoms with Gasteiger partial charge in [-0.25, -0.2) is 4.98 Å². The van der Waals surface area contributed by atoms with Gasteiger partial charge in [-0.1, -0.05) is 0 Å². The molecule has 0 amide bonds. The maximum atomic E-state index is 5.12. The van der Waals surface area contributed by atoms with Gasteiger partial charge >= 0.3 is 0 Å². The molecule has 0 saturated heterocycles. The standard InChI is InChI=1S/C10H19N3O/c1-10(14-2)8-11-4-3-6-13-7-5-12-9-13/h5,7,9-11H,3-4,6,8H2,1-2H3. The molecule has 0 fully saturated rings. The molecular weight excluding hydrogens is 178 g/mol. The van der Waals surface area contributed by atoms with E-state index in [1.54, 1.807) is 13.3 Å². The first-order valence-electron chi connectivity index (χ1n) is 5.02. The molecular formula is C10H19N3O. The molecule has 14 heavy (non-hydrogen) atoms. The Labute approximate surface area is 85.3 Å². The van der Waals surface area contributed by atoms with Crippen LogP contribution in [0.1, 0.15) is 13.3 Å². The number of hydrogen-bond acceptors (Lipinski definition) is 3. The van der Waals surface area contributed by atoms with E-state index in [0.717, 1.165) is 26.1 Å². The van der Waals surface area contributed by atoms with Gasteiger partial charge in [0.15, 0.2) is 0 Å². The minimum absolute atomic E-state index is 0.295. The monoisotopic (exact) mass is 197 g/mol. The van der Waals surface area contributed by atoms with Crippen LogP contribution in [0.25, 0.3) is 0 Å². The summed E-state index contributed by atoms with van der Waals surface area (Å²) in [5.41, 5.74) is 0. The number of aryl methyl sites for hydroxylation is 1. The number of nitrogens with zero attached hydrogens (tertiary/aromatic N) is 2. The number of hydrogen-bond donors (Lipinski definition) is 1. The minimum Gasteiger partial charge on any atom is -0.380 e.